The number of ether oxygens (including phenoxy) is 1. The van der Waals surface area contributed by atoms with E-state index in [4.69, 9.17) is 4.74 Å². The number of nitro groups is 1. The first-order chi connectivity index (χ1) is 12.6. The Morgan fingerprint density at radius 1 is 1.19 bits per heavy atom. The molecule has 1 heterocycles. The van der Waals surface area contributed by atoms with Crippen molar-refractivity contribution in [1.82, 2.24) is 0 Å². The molecule has 1 aliphatic heterocycles. The van der Waals surface area contributed by atoms with E-state index in [0.29, 0.717) is 12.3 Å². The van der Waals surface area contributed by atoms with E-state index < -0.39 is 10.8 Å². The number of amides is 1. The van der Waals surface area contributed by atoms with Gasteiger partial charge in [0.1, 0.15) is 0 Å². The van der Waals surface area contributed by atoms with Gasteiger partial charge in [0, 0.05) is 36.1 Å². The fourth-order valence-electron chi connectivity index (χ4n) is 3.01. The van der Waals surface area contributed by atoms with Gasteiger partial charge in [-0.2, -0.15) is 0 Å². The maximum atomic E-state index is 12.4. The highest BCUT2D eigenvalue weighted by Gasteiger charge is 2.19. The predicted octanol–water partition coefficient (Wildman–Crippen LogP) is 3.85. The standard InChI is InChI=1S/C19H21N3O4/c1-2-26-18-10-5-14(13-17(18)22(24)25)19(23)20-15-6-8-16(9-7-15)21-11-3-4-12-21/h5-10,13H,2-4,11-12H2,1H3,(H,20,23). The number of rotatable bonds is 6. The highest BCUT2D eigenvalue weighted by atomic mass is 16.6. The lowest BCUT2D eigenvalue weighted by Gasteiger charge is -2.17. The zero-order valence-electron chi connectivity index (χ0n) is 14.6. The van der Waals surface area contributed by atoms with Gasteiger partial charge in [-0.3, -0.25) is 14.9 Å². The molecule has 0 unspecified atom stereocenters. The average Bonchev–Trinajstić information content (AvgIpc) is 3.17. The SMILES string of the molecule is CCOc1ccc(C(=O)Nc2ccc(N3CCCC3)cc2)cc1[N+](=O)[O-]. The van der Waals surface area contributed by atoms with Crippen molar-refractivity contribution in [2.24, 2.45) is 0 Å². The second-order valence-electron chi connectivity index (χ2n) is 6.07. The molecule has 0 aliphatic carbocycles. The summed E-state index contributed by atoms with van der Waals surface area (Å²) in [4.78, 5) is 25.4. The highest BCUT2D eigenvalue weighted by molar-refractivity contribution is 6.04. The van der Waals surface area contributed by atoms with Gasteiger partial charge in [0.2, 0.25) is 0 Å². The average molecular weight is 355 g/mol. The third-order valence-corrected chi connectivity index (χ3v) is 4.31. The van der Waals surface area contributed by atoms with Crippen LogP contribution in [0.5, 0.6) is 5.75 Å². The Hall–Kier alpha value is -3.09. The first-order valence-corrected chi connectivity index (χ1v) is 8.66. The fourth-order valence-corrected chi connectivity index (χ4v) is 3.01. The Balaban J connectivity index is 1.73. The topological polar surface area (TPSA) is 84.7 Å². The summed E-state index contributed by atoms with van der Waals surface area (Å²) in [6, 6.07) is 11.8. The number of anilines is 2. The molecule has 1 saturated heterocycles. The molecule has 2 aromatic rings. The van der Waals surface area contributed by atoms with E-state index in [1.54, 1.807) is 6.92 Å². The molecule has 3 rings (SSSR count). The summed E-state index contributed by atoms with van der Waals surface area (Å²) in [6.07, 6.45) is 2.41. The summed E-state index contributed by atoms with van der Waals surface area (Å²) in [6.45, 7) is 4.18. The van der Waals surface area contributed by atoms with Gasteiger partial charge in [-0.05, 0) is 56.2 Å². The van der Waals surface area contributed by atoms with Crippen LogP contribution in [0.15, 0.2) is 42.5 Å². The molecule has 0 saturated carbocycles. The number of benzene rings is 2. The Morgan fingerprint density at radius 2 is 1.88 bits per heavy atom. The quantitative estimate of drug-likeness (QED) is 0.628. The normalized spacial score (nSPS) is 13.5. The summed E-state index contributed by atoms with van der Waals surface area (Å²) in [5, 5.41) is 14.0. The van der Waals surface area contributed by atoms with Crippen molar-refractivity contribution in [3.63, 3.8) is 0 Å². The second-order valence-corrected chi connectivity index (χ2v) is 6.07. The summed E-state index contributed by atoms with van der Waals surface area (Å²) in [5.74, 6) is -0.242. The summed E-state index contributed by atoms with van der Waals surface area (Å²) in [5.41, 5.74) is 1.78. The molecule has 1 amide bonds. The lowest BCUT2D eigenvalue weighted by Crippen LogP contribution is -2.17. The zero-order valence-corrected chi connectivity index (χ0v) is 14.6. The molecule has 1 N–H and O–H groups in total. The van der Waals surface area contributed by atoms with Gasteiger partial charge in [-0.25, -0.2) is 0 Å². The van der Waals surface area contributed by atoms with Crippen LogP contribution < -0.4 is 15.0 Å². The van der Waals surface area contributed by atoms with Crippen molar-refractivity contribution in [3.05, 3.63) is 58.1 Å². The Bertz CT molecular complexity index is 799. The molecule has 0 aromatic heterocycles. The number of hydrogen-bond acceptors (Lipinski definition) is 5. The first kappa shape index (κ1) is 17.7. The molecule has 0 radical (unpaired) electrons. The van der Waals surface area contributed by atoms with Crippen LogP contribution in [0.2, 0.25) is 0 Å². The smallest absolute Gasteiger partial charge is 0.311 e. The first-order valence-electron chi connectivity index (χ1n) is 8.66. The van der Waals surface area contributed by atoms with E-state index in [-0.39, 0.29) is 17.0 Å². The molecular formula is C19H21N3O4. The molecule has 0 atom stereocenters. The van der Waals surface area contributed by atoms with Crippen LogP contribution in [-0.4, -0.2) is 30.5 Å². The number of nitrogens with one attached hydrogen (secondary N) is 1. The minimum absolute atomic E-state index is 0.156. The number of nitro benzene ring substituents is 1. The number of hydrogen-bond donors (Lipinski definition) is 1. The minimum atomic E-state index is -0.549. The van der Waals surface area contributed by atoms with Gasteiger partial charge in [0.15, 0.2) is 5.75 Å². The van der Waals surface area contributed by atoms with Crippen LogP contribution in [0.4, 0.5) is 17.1 Å². The van der Waals surface area contributed by atoms with Crippen molar-refractivity contribution in [3.8, 4) is 5.75 Å². The van der Waals surface area contributed by atoms with Crippen LogP contribution in [0.3, 0.4) is 0 Å². The molecule has 1 aliphatic rings. The molecule has 7 nitrogen and oxygen atoms in total. The summed E-state index contributed by atoms with van der Waals surface area (Å²) < 4.78 is 5.24. The lowest BCUT2D eigenvalue weighted by atomic mass is 10.1. The highest BCUT2D eigenvalue weighted by Crippen LogP contribution is 2.28. The van der Waals surface area contributed by atoms with E-state index >= 15 is 0 Å². The number of carbonyl (C=O) groups is 1. The Kier molecular flexibility index (Phi) is 5.36. The van der Waals surface area contributed by atoms with Crippen LogP contribution in [-0.2, 0) is 0 Å². The molecule has 0 bridgehead atoms. The van der Waals surface area contributed by atoms with Crippen LogP contribution in [0.25, 0.3) is 0 Å². The molecule has 2 aromatic carbocycles. The van der Waals surface area contributed by atoms with E-state index in [1.165, 1.54) is 31.0 Å². The molecule has 7 heteroatoms. The van der Waals surface area contributed by atoms with Gasteiger partial charge in [0.25, 0.3) is 5.91 Å². The van der Waals surface area contributed by atoms with Crippen LogP contribution in [0, 0.1) is 10.1 Å². The van der Waals surface area contributed by atoms with Crippen molar-refractivity contribution in [2.45, 2.75) is 19.8 Å². The van der Waals surface area contributed by atoms with E-state index in [1.807, 2.05) is 24.3 Å². The van der Waals surface area contributed by atoms with Gasteiger partial charge >= 0.3 is 5.69 Å². The zero-order chi connectivity index (χ0) is 18.5. The van der Waals surface area contributed by atoms with Crippen molar-refractivity contribution in [2.75, 3.05) is 29.9 Å². The maximum absolute atomic E-state index is 12.4. The lowest BCUT2D eigenvalue weighted by molar-refractivity contribution is -0.385. The predicted molar refractivity (Wildman–Crippen MR) is 100 cm³/mol. The Morgan fingerprint density at radius 3 is 2.50 bits per heavy atom. The molecular weight excluding hydrogens is 334 g/mol. The van der Waals surface area contributed by atoms with E-state index in [2.05, 4.69) is 10.2 Å². The van der Waals surface area contributed by atoms with Crippen molar-refractivity contribution < 1.29 is 14.5 Å². The maximum Gasteiger partial charge on any atom is 0.311 e. The third kappa shape index (κ3) is 3.93. The molecule has 136 valence electrons. The van der Waals surface area contributed by atoms with E-state index in [0.717, 1.165) is 18.8 Å². The fraction of sp³-hybridized carbons (Fsp3) is 0.316. The molecule has 1 fully saturated rings. The summed E-state index contributed by atoms with van der Waals surface area (Å²) >= 11 is 0. The van der Waals surface area contributed by atoms with Gasteiger partial charge < -0.3 is 15.0 Å². The van der Waals surface area contributed by atoms with Gasteiger partial charge in [-0.1, -0.05) is 0 Å². The monoisotopic (exact) mass is 355 g/mol. The molecule has 0 spiro atoms. The minimum Gasteiger partial charge on any atom is -0.487 e. The van der Waals surface area contributed by atoms with E-state index in [9.17, 15) is 14.9 Å². The Labute approximate surface area is 151 Å². The van der Waals surface area contributed by atoms with Gasteiger partial charge in [0.05, 0.1) is 11.5 Å². The third-order valence-electron chi connectivity index (χ3n) is 4.31. The van der Waals surface area contributed by atoms with Crippen LogP contribution in [0.1, 0.15) is 30.1 Å². The summed E-state index contributed by atoms with van der Waals surface area (Å²) in [7, 11) is 0. The van der Waals surface area contributed by atoms with Crippen LogP contribution >= 0.6 is 0 Å². The van der Waals surface area contributed by atoms with Gasteiger partial charge in [-0.15, -0.1) is 0 Å². The van der Waals surface area contributed by atoms with Crippen molar-refractivity contribution in [1.29, 1.82) is 0 Å². The van der Waals surface area contributed by atoms with Crippen molar-refractivity contribution >= 4 is 23.0 Å². The molecule has 26 heavy (non-hydrogen) atoms. The largest absolute Gasteiger partial charge is 0.487 e. The second kappa shape index (κ2) is 7.86. The number of nitrogens with zero attached hydrogens (tertiary/aromatic N) is 2. The number of carbonyl (C=O) groups excluding carboxylic acids is 1.